The Labute approximate surface area is 170 Å². The molecule has 4 rings (SSSR count). The predicted octanol–water partition coefficient (Wildman–Crippen LogP) is 3.63. The number of halogens is 1. The number of amides is 1. The second-order valence-corrected chi connectivity index (χ2v) is 6.93. The van der Waals surface area contributed by atoms with Crippen LogP contribution in [0.15, 0.2) is 59.2 Å². The smallest absolute Gasteiger partial charge is 0.272 e. The molecule has 0 aliphatic carbocycles. The summed E-state index contributed by atoms with van der Waals surface area (Å²) in [6.07, 6.45) is 3.67. The molecular formula is C21H25ClN4O2. The van der Waals surface area contributed by atoms with Gasteiger partial charge in [-0.1, -0.05) is 18.2 Å². The number of nitrogens with one attached hydrogen (secondary N) is 1. The fraction of sp³-hybridized carbons (Fsp3) is 0.333. The van der Waals surface area contributed by atoms with Crippen molar-refractivity contribution in [1.82, 2.24) is 20.0 Å². The molecule has 0 radical (unpaired) electrons. The topological polar surface area (TPSA) is 63.3 Å². The Kier molecular flexibility index (Phi) is 6.54. The van der Waals surface area contributed by atoms with Crippen LogP contribution < -0.4 is 5.32 Å². The van der Waals surface area contributed by atoms with E-state index in [1.54, 1.807) is 10.9 Å². The lowest BCUT2D eigenvalue weighted by Gasteiger charge is -2.32. The van der Waals surface area contributed by atoms with Crippen molar-refractivity contribution in [2.45, 2.75) is 12.8 Å². The van der Waals surface area contributed by atoms with E-state index in [1.807, 2.05) is 60.5 Å². The van der Waals surface area contributed by atoms with Gasteiger partial charge in [-0.3, -0.25) is 4.79 Å². The number of hydrogen-bond donors (Lipinski definition) is 1. The molecule has 7 heteroatoms. The van der Waals surface area contributed by atoms with Crippen LogP contribution in [-0.4, -0.2) is 47.3 Å². The average molecular weight is 401 g/mol. The zero-order chi connectivity index (χ0) is 18.6. The molecule has 148 valence electrons. The average Bonchev–Trinajstić information content (AvgIpc) is 3.39. The fourth-order valence-corrected chi connectivity index (χ4v) is 3.64. The number of para-hydroxylation sites is 1. The summed E-state index contributed by atoms with van der Waals surface area (Å²) in [5.41, 5.74) is 2.10. The maximum atomic E-state index is 13.3. The molecule has 1 aliphatic rings. The van der Waals surface area contributed by atoms with E-state index in [1.165, 1.54) is 0 Å². The molecule has 1 aliphatic heterocycles. The van der Waals surface area contributed by atoms with Crippen LogP contribution in [0.5, 0.6) is 0 Å². The first-order chi connectivity index (χ1) is 13.3. The van der Waals surface area contributed by atoms with Crippen molar-refractivity contribution in [2.75, 3.05) is 26.7 Å². The molecule has 1 amide bonds. The highest BCUT2D eigenvalue weighted by Gasteiger charge is 2.27. The third kappa shape index (κ3) is 4.13. The van der Waals surface area contributed by atoms with Crippen molar-refractivity contribution in [3.8, 4) is 17.1 Å². The highest BCUT2D eigenvalue weighted by molar-refractivity contribution is 5.94. The summed E-state index contributed by atoms with van der Waals surface area (Å²) in [4.78, 5) is 15.2. The van der Waals surface area contributed by atoms with Gasteiger partial charge < -0.3 is 14.6 Å². The minimum absolute atomic E-state index is 0. The molecule has 0 bridgehead atoms. The normalized spacial score (nSPS) is 14.7. The standard InChI is InChI=1S/C21H24N4O2.ClH/c1-22-15-16-9-11-24(12-10-16)21(26)19-14-18(20-8-5-13-27-20)23-25(19)17-6-3-2-4-7-17;/h2-8,13-14,16,22H,9-12,15H2,1H3;1H. The number of nitrogens with zero attached hydrogens (tertiary/aromatic N) is 3. The van der Waals surface area contributed by atoms with Crippen LogP contribution >= 0.6 is 12.4 Å². The van der Waals surface area contributed by atoms with Crippen molar-refractivity contribution in [3.05, 3.63) is 60.5 Å². The lowest BCUT2D eigenvalue weighted by atomic mass is 9.96. The first-order valence-electron chi connectivity index (χ1n) is 9.39. The SMILES string of the molecule is CNCC1CCN(C(=O)c2cc(-c3ccco3)nn2-c2ccccc2)CC1.Cl. The fourth-order valence-electron chi connectivity index (χ4n) is 3.64. The lowest BCUT2D eigenvalue weighted by molar-refractivity contribution is 0.0681. The number of aromatic nitrogens is 2. The Morgan fingerprint density at radius 2 is 1.93 bits per heavy atom. The number of benzene rings is 1. The zero-order valence-corrected chi connectivity index (χ0v) is 16.7. The molecule has 6 nitrogen and oxygen atoms in total. The van der Waals surface area contributed by atoms with Gasteiger partial charge in [0.1, 0.15) is 11.4 Å². The molecule has 1 N–H and O–H groups in total. The molecule has 2 aromatic heterocycles. The third-order valence-electron chi connectivity index (χ3n) is 5.10. The van der Waals surface area contributed by atoms with Gasteiger partial charge in [0.2, 0.25) is 0 Å². The molecule has 28 heavy (non-hydrogen) atoms. The number of furan rings is 1. The summed E-state index contributed by atoms with van der Waals surface area (Å²) < 4.78 is 7.20. The van der Waals surface area contributed by atoms with E-state index in [0.29, 0.717) is 23.1 Å². The molecule has 0 saturated carbocycles. The van der Waals surface area contributed by atoms with E-state index >= 15 is 0 Å². The minimum atomic E-state index is 0. The monoisotopic (exact) mass is 400 g/mol. The van der Waals surface area contributed by atoms with E-state index in [0.717, 1.165) is 38.2 Å². The molecule has 1 fully saturated rings. The molecule has 3 heterocycles. The van der Waals surface area contributed by atoms with E-state index in [-0.39, 0.29) is 18.3 Å². The summed E-state index contributed by atoms with van der Waals surface area (Å²) in [6.45, 7) is 2.56. The van der Waals surface area contributed by atoms with Crippen molar-refractivity contribution < 1.29 is 9.21 Å². The lowest BCUT2D eigenvalue weighted by Crippen LogP contribution is -2.41. The number of hydrogen-bond acceptors (Lipinski definition) is 4. The zero-order valence-electron chi connectivity index (χ0n) is 15.9. The predicted molar refractivity (Wildman–Crippen MR) is 111 cm³/mol. The Morgan fingerprint density at radius 1 is 1.18 bits per heavy atom. The molecular weight excluding hydrogens is 376 g/mol. The molecule has 1 saturated heterocycles. The molecule has 0 atom stereocenters. The Balaban J connectivity index is 0.00000225. The Hall–Kier alpha value is -2.57. The minimum Gasteiger partial charge on any atom is -0.463 e. The highest BCUT2D eigenvalue weighted by atomic mass is 35.5. The number of carbonyl (C=O) groups is 1. The number of rotatable bonds is 5. The maximum absolute atomic E-state index is 13.3. The summed E-state index contributed by atoms with van der Waals surface area (Å²) in [7, 11) is 1.98. The number of likely N-dealkylation sites (tertiary alicyclic amines) is 1. The molecule has 3 aromatic rings. The van der Waals surface area contributed by atoms with Crippen molar-refractivity contribution >= 4 is 18.3 Å². The third-order valence-corrected chi connectivity index (χ3v) is 5.10. The van der Waals surface area contributed by atoms with Crippen LogP contribution in [0.25, 0.3) is 17.1 Å². The van der Waals surface area contributed by atoms with Crippen LogP contribution in [0, 0.1) is 5.92 Å². The van der Waals surface area contributed by atoms with Gasteiger partial charge in [0.05, 0.1) is 12.0 Å². The van der Waals surface area contributed by atoms with Gasteiger partial charge in [-0.05, 0) is 56.6 Å². The largest absolute Gasteiger partial charge is 0.463 e. The first-order valence-corrected chi connectivity index (χ1v) is 9.39. The van der Waals surface area contributed by atoms with E-state index < -0.39 is 0 Å². The molecule has 1 aromatic carbocycles. The second-order valence-electron chi connectivity index (χ2n) is 6.93. The van der Waals surface area contributed by atoms with Gasteiger partial charge in [0.25, 0.3) is 5.91 Å². The number of piperidine rings is 1. The summed E-state index contributed by atoms with van der Waals surface area (Å²) in [6, 6.07) is 15.3. The van der Waals surface area contributed by atoms with Crippen molar-refractivity contribution in [3.63, 3.8) is 0 Å². The van der Waals surface area contributed by atoms with E-state index in [4.69, 9.17) is 4.42 Å². The van der Waals surface area contributed by atoms with Crippen LogP contribution in [0.1, 0.15) is 23.3 Å². The number of carbonyl (C=O) groups excluding carboxylic acids is 1. The van der Waals surface area contributed by atoms with Crippen LogP contribution in [0.2, 0.25) is 0 Å². The highest BCUT2D eigenvalue weighted by Crippen LogP contribution is 2.25. The van der Waals surface area contributed by atoms with Crippen LogP contribution in [-0.2, 0) is 0 Å². The van der Waals surface area contributed by atoms with Gasteiger partial charge in [0, 0.05) is 19.2 Å². The van der Waals surface area contributed by atoms with Crippen LogP contribution in [0.3, 0.4) is 0 Å². The molecule has 0 spiro atoms. The van der Waals surface area contributed by atoms with Gasteiger partial charge in [-0.25, -0.2) is 4.68 Å². The van der Waals surface area contributed by atoms with Gasteiger partial charge >= 0.3 is 0 Å². The van der Waals surface area contributed by atoms with Gasteiger partial charge in [-0.15, -0.1) is 12.4 Å². The van der Waals surface area contributed by atoms with Gasteiger partial charge in [-0.2, -0.15) is 5.10 Å². The quantitative estimate of drug-likeness (QED) is 0.710. The van der Waals surface area contributed by atoms with Crippen molar-refractivity contribution in [1.29, 1.82) is 0 Å². The Morgan fingerprint density at radius 3 is 2.57 bits per heavy atom. The van der Waals surface area contributed by atoms with Crippen LogP contribution in [0.4, 0.5) is 0 Å². The van der Waals surface area contributed by atoms with E-state index in [9.17, 15) is 4.79 Å². The second kappa shape index (κ2) is 9.08. The first kappa shape index (κ1) is 20.2. The summed E-state index contributed by atoms with van der Waals surface area (Å²) in [5, 5.41) is 7.88. The van der Waals surface area contributed by atoms with E-state index in [2.05, 4.69) is 10.4 Å². The van der Waals surface area contributed by atoms with Gasteiger partial charge in [0.15, 0.2) is 5.76 Å². The van der Waals surface area contributed by atoms with Crippen molar-refractivity contribution in [2.24, 2.45) is 5.92 Å². The molecule has 0 unspecified atom stereocenters. The summed E-state index contributed by atoms with van der Waals surface area (Å²) in [5.74, 6) is 1.32. The Bertz CT molecular complexity index is 885. The summed E-state index contributed by atoms with van der Waals surface area (Å²) >= 11 is 0. The maximum Gasteiger partial charge on any atom is 0.272 e.